The van der Waals surface area contributed by atoms with E-state index in [0.29, 0.717) is 12.6 Å². The lowest BCUT2D eigenvalue weighted by atomic mass is 10.2. The number of furan rings is 1. The molecule has 1 fully saturated rings. The highest BCUT2D eigenvalue weighted by Crippen LogP contribution is 2.22. The molecule has 1 aromatic rings. The van der Waals surface area contributed by atoms with Gasteiger partial charge in [0.05, 0.1) is 6.54 Å². The van der Waals surface area contributed by atoms with Crippen molar-refractivity contribution < 1.29 is 13.9 Å². The second kappa shape index (κ2) is 5.87. The van der Waals surface area contributed by atoms with Crippen LogP contribution >= 0.6 is 0 Å². The molecule has 20 heavy (non-hydrogen) atoms. The number of carbonyl (C=O) groups excluding carboxylic acids is 1. The van der Waals surface area contributed by atoms with Crippen LogP contribution in [0.15, 0.2) is 16.5 Å². The standard InChI is InChI=1S/C15H24N2O3/c1-5-10-6-7-11(19-10)9-16-12-8-13(12)17-14(18)20-15(2,3)4/h6-7,12-13,16H,5,8-9H2,1-4H3,(H,17,18). The summed E-state index contributed by atoms with van der Waals surface area (Å²) in [6.45, 7) is 8.33. The quantitative estimate of drug-likeness (QED) is 0.870. The molecule has 112 valence electrons. The van der Waals surface area contributed by atoms with Crippen LogP contribution in [0.2, 0.25) is 0 Å². The molecule has 2 N–H and O–H groups in total. The minimum atomic E-state index is -0.452. The number of hydrogen-bond donors (Lipinski definition) is 2. The van der Waals surface area contributed by atoms with E-state index >= 15 is 0 Å². The summed E-state index contributed by atoms with van der Waals surface area (Å²) in [5.41, 5.74) is -0.452. The first-order valence-electron chi connectivity index (χ1n) is 7.18. The van der Waals surface area contributed by atoms with Crippen molar-refractivity contribution >= 4 is 6.09 Å². The molecule has 5 heteroatoms. The van der Waals surface area contributed by atoms with Gasteiger partial charge in [-0.05, 0) is 39.3 Å². The van der Waals surface area contributed by atoms with Crippen molar-refractivity contribution in [3.8, 4) is 0 Å². The number of amides is 1. The van der Waals surface area contributed by atoms with Gasteiger partial charge >= 0.3 is 6.09 Å². The molecule has 2 atom stereocenters. The van der Waals surface area contributed by atoms with Crippen LogP contribution in [-0.4, -0.2) is 23.8 Å². The first-order valence-corrected chi connectivity index (χ1v) is 7.18. The van der Waals surface area contributed by atoms with Crippen LogP contribution in [0.5, 0.6) is 0 Å². The van der Waals surface area contributed by atoms with Gasteiger partial charge in [0.1, 0.15) is 17.1 Å². The molecule has 1 heterocycles. The molecule has 2 unspecified atom stereocenters. The molecular weight excluding hydrogens is 256 g/mol. The highest BCUT2D eigenvalue weighted by molar-refractivity contribution is 5.68. The smallest absolute Gasteiger partial charge is 0.407 e. The Bertz CT molecular complexity index is 462. The summed E-state index contributed by atoms with van der Waals surface area (Å²) in [6.07, 6.45) is 1.49. The Labute approximate surface area is 120 Å². The maximum atomic E-state index is 11.6. The Morgan fingerprint density at radius 2 is 2.05 bits per heavy atom. The van der Waals surface area contributed by atoms with Crippen molar-refractivity contribution in [2.24, 2.45) is 0 Å². The van der Waals surface area contributed by atoms with Crippen LogP contribution in [-0.2, 0) is 17.7 Å². The van der Waals surface area contributed by atoms with Gasteiger partial charge in [0.2, 0.25) is 0 Å². The lowest BCUT2D eigenvalue weighted by Crippen LogP contribution is -2.36. The third kappa shape index (κ3) is 4.56. The van der Waals surface area contributed by atoms with Crippen LogP contribution in [0.1, 0.15) is 45.6 Å². The van der Waals surface area contributed by atoms with Crippen molar-refractivity contribution in [2.75, 3.05) is 0 Å². The Kier molecular flexibility index (Phi) is 4.38. The summed E-state index contributed by atoms with van der Waals surface area (Å²) in [4.78, 5) is 11.6. The molecule has 1 amide bonds. The molecule has 0 spiro atoms. The second-order valence-corrected chi connectivity index (χ2v) is 6.20. The molecule has 0 aliphatic heterocycles. The third-order valence-corrected chi connectivity index (χ3v) is 3.10. The molecule has 5 nitrogen and oxygen atoms in total. The van der Waals surface area contributed by atoms with E-state index in [1.165, 1.54) is 0 Å². The lowest BCUT2D eigenvalue weighted by Gasteiger charge is -2.19. The van der Waals surface area contributed by atoms with Crippen LogP contribution in [0.3, 0.4) is 0 Å². The molecule has 1 aliphatic rings. The average molecular weight is 280 g/mol. The molecule has 0 radical (unpaired) electrons. The molecule has 0 aromatic carbocycles. The maximum absolute atomic E-state index is 11.6. The number of ether oxygens (including phenoxy) is 1. The molecule has 0 saturated heterocycles. The van der Waals surface area contributed by atoms with Crippen molar-refractivity contribution in [2.45, 2.75) is 64.8 Å². The van der Waals surface area contributed by atoms with Gasteiger partial charge in [-0.25, -0.2) is 4.79 Å². The predicted octanol–water partition coefficient (Wildman–Crippen LogP) is 2.60. The minimum absolute atomic E-state index is 0.158. The topological polar surface area (TPSA) is 63.5 Å². The molecule has 0 bridgehead atoms. The molecule has 1 aromatic heterocycles. The van der Waals surface area contributed by atoms with E-state index in [-0.39, 0.29) is 12.1 Å². The summed E-state index contributed by atoms with van der Waals surface area (Å²) in [5, 5.41) is 6.22. The number of hydrogen-bond acceptors (Lipinski definition) is 4. The predicted molar refractivity (Wildman–Crippen MR) is 76.5 cm³/mol. The molecular formula is C15H24N2O3. The Morgan fingerprint density at radius 3 is 2.65 bits per heavy atom. The fourth-order valence-corrected chi connectivity index (χ4v) is 1.98. The van der Waals surface area contributed by atoms with E-state index in [1.807, 2.05) is 32.9 Å². The highest BCUT2D eigenvalue weighted by Gasteiger charge is 2.39. The van der Waals surface area contributed by atoms with E-state index in [2.05, 4.69) is 17.6 Å². The number of aryl methyl sites for hydroxylation is 1. The van der Waals surface area contributed by atoms with Crippen LogP contribution in [0, 0.1) is 0 Å². The van der Waals surface area contributed by atoms with Crippen molar-refractivity contribution in [1.82, 2.24) is 10.6 Å². The van der Waals surface area contributed by atoms with Crippen LogP contribution in [0.25, 0.3) is 0 Å². The van der Waals surface area contributed by atoms with E-state index in [0.717, 1.165) is 24.4 Å². The SMILES string of the molecule is CCc1ccc(CNC2CC2NC(=O)OC(C)(C)C)o1. The summed E-state index contributed by atoms with van der Waals surface area (Å²) in [7, 11) is 0. The van der Waals surface area contributed by atoms with Crippen LogP contribution < -0.4 is 10.6 Å². The zero-order chi connectivity index (χ0) is 14.8. The van der Waals surface area contributed by atoms with Gasteiger partial charge in [-0.3, -0.25) is 0 Å². The van der Waals surface area contributed by atoms with Crippen molar-refractivity contribution in [1.29, 1.82) is 0 Å². The maximum Gasteiger partial charge on any atom is 0.407 e. The van der Waals surface area contributed by atoms with Gasteiger partial charge in [0, 0.05) is 18.5 Å². The van der Waals surface area contributed by atoms with Gasteiger partial charge in [-0.15, -0.1) is 0 Å². The number of rotatable bonds is 5. The average Bonchev–Trinajstić information content (AvgIpc) is 2.88. The van der Waals surface area contributed by atoms with Gasteiger partial charge < -0.3 is 19.8 Å². The monoisotopic (exact) mass is 280 g/mol. The highest BCUT2D eigenvalue weighted by atomic mass is 16.6. The number of nitrogens with one attached hydrogen (secondary N) is 2. The van der Waals surface area contributed by atoms with E-state index in [9.17, 15) is 4.79 Å². The van der Waals surface area contributed by atoms with E-state index in [1.54, 1.807) is 0 Å². The van der Waals surface area contributed by atoms with Gasteiger partial charge in [-0.2, -0.15) is 0 Å². The first-order chi connectivity index (χ1) is 9.37. The number of alkyl carbamates (subject to hydrolysis) is 1. The zero-order valence-electron chi connectivity index (χ0n) is 12.7. The summed E-state index contributed by atoms with van der Waals surface area (Å²) in [5.74, 6) is 1.94. The lowest BCUT2D eigenvalue weighted by molar-refractivity contribution is 0.0522. The van der Waals surface area contributed by atoms with E-state index < -0.39 is 5.60 Å². The largest absolute Gasteiger partial charge is 0.465 e. The fourth-order valence-electron chi connectivity index (χ4n) is 1.98. The van der Waals surface area contributed by atoms with Gasteiger partial charge in [0.25, 0.3) is 0 Å². The van der Waals surface area contributed by atoms with E-state index in [4.69, 9.17) is 9.15 Å². The molecule has 1 saturated carbocycles. The Balaban J connectivity index is 1.66. The van der Waals surface area contributed by atoms with Crippen molar-refractivity contribution in [3.05, 3.63) is 23.7 Å². The summed E-state index contributed by atoms with van der Waals surface area (Å²) in [6, 6.07) is 4.45. The Morgan fingerprint density at radius 1 is 1.35 bits per heavy atom. The summed E-state index contributed by atoms with van der Waals surface area (Å²) < 4.78 is 10.8. The van der Waals surface area contributed by atoms with Gasteiger partial charge in [0.15, 0.2) is 0 Å². The van der Waals surface area contributed by atoms with Crippen molar-refractivity contribution in [3.63, 3.8) is 0 Å². The normalized spacial score (nSPS) is 21.6. The number of carbonyl (C=O) groups is 1. The second-order valence-electron chi connectivity index (χ2n) is 6.20. The summed E-state index contributed by atoms with van der Waals surface area (Å²) >= 11 is 0. The minimum Gasteiger partial charge on any atom is -0.465 e. The van der Waals surface area contributed by atoms with Gasteiger partial charge in [-0.1, -0.05) is 6.92 Å². The fraction of sp³-hybridized carbons (Fsp3) is 0.667. The molecule has 1 aliphatic carbocycles. The zero-order valence-corrected chi connectivity index (χ0v) is 12.7. The first kappa shape index (κ1) is 14.9. The third-order valence-electron chi connectivity index (χ3n) is 3.10. The Hall–Kier alpha value is -1.49. The molecule has 2 rings (SSSR count). The van der Waals surface area contributed by atoms with Crippen LogP contribution in [0.4, 0.5) is 4.79 Å².